The number of aliphatic hydroxyl groups is 1. The first-order chi connectivity index (χ1) is 8.41. The molecule has 0 unspecified atom stereocenters. The molecule has 100 valence electrons. The summed E-state index contributed by atoms with van der Waals surface area (Å²) >= 11 is 3.25. The minimum absolute atomic E-state index is 0.127. The van der Waals surface area contributed by atoms with E-state index in [0.717, 1.165) is 4.47 Å². The number of piperidine rings is 1. The minimum atomic E-state index is -3.56. The van der Waals surface area contributed by atoms with E-state index in [1.165, 1.54) is 10.4 Å². The number of halogens is 1. The molecule has 5 nitrogen and oxygen atoms in total. The number of hydrogen-bond acceptors (Lipinski definition) is 4. The Kier molecular flexibility index (Phi) is 3.96. The number of anilines is 1. The summed E-state index contributed by atoms with van der Waals surface area (Å²) in [5.74, 6) is 0. The molecule has 0 bridgehead atoms. The van der Waals surface area contributed by atoms with Crippen molar-refractivity contribution in [2.24, 2.45) is 0 Å². The van der Waals surface area contributed by atoms with Gasteiger partial charge in [0.1, 0.15) is 4.90 Å². The van der Waals surface area contributed by atoms with Crippen molar-refractivity contribution in [3.63, 3.8) is 0 Å². The zero-order chi connectivity index (χ0) is 13.3. The van der Waals surface area contributed by atoms with E-state index in [2.05, 4.69) is 15.9 Å². The SMILES string of the molecule is Nc1cc(Br)ccc1S(=O)(=O)N1CCC(O)CC1. The standard InChI is InChI=1S/C11H15BrN2O3S/c12-8-1-2-11(10(13)7-8)18(16,17)14-5-3-9(15)4-6-14/h1-2,7,9,15H,3-6,13H2. The third-order valence-electron chi connectivity index (χ3n) is 3.01. The van der Waals surface area contributed by atoms with Gasteiger partial charge in [-0.1, -0.05) is 15.9 Å². The molecule has 0 spiro atoms. The smallest absolute Gasteiger partial charge is 0.245 e. The van der Waals surface area contributed by atoms with E-state index in [4.69, 9.17) is 5.73 Å². The molecule has 1 aromatic carbocycles. The monoisotopic (exact) mass is 334 g/mol. The summed E-state index contributed by atoms with van der Waals surface area (Å²) in [6, 6.07) is 4.73. The molecule has 0 radical (unpaired) electrons. The van der Waals surface area contributed by atoms with Gasteiger partial charge < -0.3 is 10.8 Å². The molecular formula is C11H15BrN2O3S. The van der Waals surface area contributed by atoms with E-state index in [1.54, 1.807) is 12.1 Å². The Labute approximate surface area is 115 Å². The van der Waals surface area contributed by atoms with Gasteiger partial charge in [0.25, 0.3) is 0 Å². The van der Waals surface area contributed by atoms with Gasteiger partial charge in [-0.2, -0.15) is 4.31 Å². The summed E-state index contributed by atoms with van der Waals surface area (Å²) in [4.78, 5) is 0.127. The highest BCUT2D eigenvalue weighted by Gasteiger charge is 2.29. The number of nitrogens with two attached hydrogens (primary N) is 1. The van der Waals surface area contributed by atoms with Gasteiger partial charge in [0.2, 0.25) is 10.0 Å². The number of hydrogen-bond donors (Lipinski definition) is 2. The maximum atomic E-state index is 12.4. The number of nitrogens with zero attached hydrogens (tertiary/aromatic N) is 1. The van der Waals surface area contributed by atoms with Gasteiger partial charge in [-0.3, -0.25) is 0 Å². The largest absolute Gasteiger partial charge is 0.398 e. The predicted molar refractivity (Wildman–Crippen MR) is 72.6 cm³/mol. The molecule has 0 aliphatic carbocycles. The highest BCUT2D eigenvalue weighted by molar-refractivity contribution is 9.10. The molecule has 2 rings (SSSR count). The normalized spacial score (nSPS) is 19.0. The Bertz CT molecular complexity index is 539. The van der Waals surface area contributed by atoms with Crippen molar-refractivity contribution in [2.75, 3.05) is 18.8 Å². The quantitative estimate of drug-likeness (QED) is 0.795. The number of rotatable bonds is 2. The van der Waals surface area contributed by atoms with Gasteiger partial charge >= 0.3 is 0 Å². The van der Waals surface area contributed by atoms with E-state index < -0.39 is 16.1 Å². The molecular weight excluding hydrogens is 320 g/mol. The van der Waals surface area contributed by atoms with Crippen LogP contribution in [0.15, 0.2) is 27.6 Å². The van der Waals surface area contributed by atoms with Crippen LogP contribution in [0.3, 0.4) is 0 Å². The van der Waals surface area contributed by atoms with Crippen LogP contribution in [-0.4, -0.2) is 37.0 Å². The lowest BCUT2D eigenvalue weighted by Crippen LogP contribution is -2.40. The second-order valence-electron chi connectivity index (χ2n) is 4.32. The first-order valence-corrected chi connectivity index (χ1v) is 7.88. The van der Waals surface area contributed by atoms with Gasteiger partial charge in [-0.15, -0.1) is 0 Å². The fraction of sp³-hybridized carbons (Fsp3) is 0.455. The Morgan fingerprint density at radius 1 is 1.33 bits per heavy atom. The molecule has 0 atom stereocenters. The van der Waals surface area contributed by atoms with Crippen LogP contribution in [0.25, 0.3) is 0 Å². The van der Waals surface area contributed by atoms with E-state index in [9.17, 15) is 13.5 Å². The summed E-state index contributed by atoms with van der Waals surface area (Å²) in [7, 11) is -3.56. The van der Waals surface area contributed by atoms with Gasteiger partial charge in [0.15, 0.2) is 0 Å². The van der Waals surface area contributed by atoms with Crippen molar-refractivity contribution in [1.29, 1.82) is 0 Å². The third-order valence-corrected chi connectivity index (χ3v) is 5.48. The van der Waals surface area contributed by atoms with Crippen molar-refractivity contribution in [2.45, 2.75) is 23.8 Å². The van der Waals surface area contributed by atoms with Gasteiger partial charge in [0.05, 0.1) is 11.8 Å². The highest BCUT2D eigenvalue weighted by atomic mass is 79.9. The lowest BCUT2D eigenvalue weighted by molar-refractivity contribution is 0.113. The molecule has 0 amide bonds. The average Bonchev–Trinajstić information content (AvgIpc) is 2.29. The molecule has 1 aromatic rings. The second-order valence-corrected chi connectivity index (χ2v) is 7.14. The van der Waals surface area contributed by atoms with Crippen LogP contribution in [0.4, 0.5) is 5.69 Å². The van der Waals surface area contributed by atoms with Gasteiger partial charge in [-0.25, -0.2) is 8.42 Å². The minimum Gasteiger partial charge on any atom is -0.398 e. The maximum absolute atomic E-state index is 12.4. The van der Waals surface area contributed by atoms with Gasteiger partial charge in [0, 0.05) is 17.6 Å². The molecule has 0 aromatic heterocycles. The summed E-state index contributed by atoms with van der Waals surface area (Å²) < 4.78 is 26.9. The first kappa shape index (κ1) is 13.8. The van der Waals surface area contributed by atoms with Crippen molar-refractivity contribution >= 4 is 31.6 Å². The zero-order valence-electron chi connectivity index (χ0n) is 9.71. The van der Waals surface area contributed by atoms with Crippen LogP contribution in [-0.2, 0) is 10.0 Å². The topological polar surface area (TPSA) is 83.6 Å². The molecule has 7 heteroatoms. The number of benzene rings is 1. The Morgan fingerprint density at radius 2 is 1.94 bits per heavy atom. The number of aliphatic hydroxyl groups excluding tert-OH is 1. The van der Waals surface area contributed by atoms with Gasteiger partial charge in [-0.05, 0) is 31.0 Å². The molecule has 0 saturated carbocycles. The van der Waals surface area contributed by atoms with Crippen molar-refractivity contribution < 1.29 is 13.5 Å². The average molecular weight is 335 g/mol. The molecule has 18 heavy (non-hydrogen) atoms. The van der Waals surface area contributed by atoms with Crippen LogP contribution < -0.4 is 5.73 Å². The van der Waals surface area contributed by atoms with Crippen LogP contribution in [0.2, 0.25) is 0 Å². The van der Waals surface area contributed by atoms with Crippen molar-refractivity contribution in [3.8, 4) is 0 Å². The molecule has 1 fully saturated rings. The van der Waals surface area contributed by atoms with E-state index in [-0.39, 0.29) is 10.6 Å². The van der Waals surface area contributed by atoms with E-state index in [1.807, 2.05) is 0 Å². The Balaban J connectivity index is 2.30. The van der Waals surface area contributed by atoms with Crippen molar-refractivity contribution in [3.05, 3.63) is 22.7 Å². The third kappa shape index (κ3) is 2.69. The lowest BCUT2D eigenvalue weighted by atomic mass is 10.1. The van der Waals surface area contributed by atoms with E-state index in [0.29, 0.717) is 25.9 Å². The summed E-state index contributed by atoms with van der Waals surface area (Å²) in [5, 5.41) is 9.40. The van der Waals surface area contributed by atoms with Crippen LogP contribution in [0.5, 0.6) is 0 Å². The van der Waals surface area contributed by atoms with Crippen molar-refractivity contribution in [1.82, 2.24) is 4.31 Å². The molecule has 1 saturated heterocycles. The maximum Gasteiger partial charge on any atom is 0.245 e. The number of nitrogen functional groups attached to an aromatic ring is 1. The molecule has 1 aliphatic heterocycles. The summed E-state index contributed by atoms with van der Waals surface area (Å²) in [6.45, 7) is 0.665. The number of sulfonamides is 1. The Morgan fingerprint density at radius 3 is 2.50 bits per heavy atom. The summed E-state index contributed by atoms with van der Waals surface area (Å²) in [6.07, 6.45) is 0.532. The summed E-state index contributed by atoms with van der Waals surface area (Å²) in [5.41, 5.74) is 5.99. The molecule has 1 aliphatic rings. The van der Waals surface area contributed by atoms with Crippen LogP contribution in [0.1, 0.15) is 12.8 Å². The second kappa shape index (κ2) is 5.16. The predicted octanol–water partition coefficient (Wildman–Crippen LogP) is 1.18. The molecule has 3 N–H and O–H groups in total. The van der Waals surface area contributed by atoms with Crippen LogP contribution in [0, 0.1) is 0 Å². The first-order valence-electron chi connectivity index (χ1n) is 5.64. The Hall–Kier alpha value is -0.630. The van der Waals surface area contributed by atoms with Crippen LogP contribution >= 0.6 is 15.9 Å². The molecule has 1 heterocycles. The lowest BCUT2D eigenvalue weighted by Gasteiger charge is -2.29. The fourth-order valence-corrected chi connectivity index (χ4v) is 3.92. The highest BCUT2D eigenvalue weighted by Crippen LogP contribution is 2.27. The fourth-order valence-electron chi connectivity index (χ4n) is 1.98. The zero-order valence-corrected chi connectivity index (χ0v) is 12.1. The van der Waals surface area contributed by atoms with E-state index >= 15 is 0 Å².